The van der Waals surface area contributed by atoms with Crippen molar-refractivity contribution in [1.82, 2.24) is 0 Å². The molecule has 2 aliphatic rings. The van der Waals surface area contributed by atoms with Gasteiger partial charge < -0.3 is 4.74 Å². The quantitative estimate of drug-likeness (QED) is 0.285. The molecule has 6 rings (SSSR count). The molecule has 0 spiro atoms. The number of terminal acetylenes is 2. The molecule has 7 heteroatoms. The number of nitrogens with zero attached hydrogens (tertiary/aromatic N) is 2. The standard InChI is InChI=1S/C32H16N2O5/c1-3-19-8-5-10-21(16-19)33-29(35)24-15-14-23(18-26(24)31(33)37)39-27-13-7-12-25-28(27)32(38)34(30(25)36)22-11-6-9-20(4-2)17-22/h1-2,5-18H. The number of anilines is 2. The Kier molecular flexibility index (Phi) is 5.34. The average molecular weight is 508 g/mol. The molecule has 184 valence electrons. The molecular formula is C32H16N2O5. The van der Waals surface area contributed by atoms with E-state index in [1.54, 1.807) is 66.7 Å². The number of rotatable bonds is 4. The Balaban J connectivity index is 1.33. The first kappa shape index (κ1) is 23.5. The van der Waals surface area contributed by atoms with E-state index in [2.05, 4.69) is 11.8 Å². The Hall–Kier alpha value is -5.92. The predicted octanol–water partition coefficient (Wildman–Crippen LogP) is 5.04. The third-order valence-corrected chi connectivity index (χ3v) is 6.50. The van der Waals surface area contributed by atoms with Gasteiger partial charge in [0.2, 0.25) is 0 Å². The number of carbonyl (C=O) groups is 4. The zero-order valence-electron chi connectivity index (χ0n) is 20.2. The van der Waals surface area contributed by atoms with Crippen molar-refractivity contribution in [1.29, 1.82) is 0 Å². The van der Waals surface area contributed by atoms with Crippen LogP contribution in [0.15, 0.2) is 84.9 Å². The minimum atomic E-state index is -0.563. The maximum Gasteiger partial charge on any atom is 0.269 e. The Labute approximate surface area is 223 Å². The Morgan fingerprint density at radius 2 is 1.13 bits per heavy atom. The van der Waals surface area contributed by atoms with Gasteiger partial charge in [-0.2, -0.15) is 0 Å². The van der Waals surface area contributed by atoms with Crippen LogP contribution in [0.4, 0.5) is 11.4 Å². The lowest BCUT2D eigenvalue weighted by Gasteiger charge is -2.14. The first-order chi connectivity index (χ1) is 18.9. The molecule has 0 fully saturated rings. The molecule has 0 saturated carbocycles. The lowest BCUT2D eigenvalue weighted by Crippen LogP contribution is -2.29. The van der Waals surface area contributed by atoms with Crippen LogP contribution in [-0.4, -0.2) is 23.6 Å². The summed E-state index contributed by atoms with van der Waals surface area (Å²) in [5, 5.41) is 0. The molecule has 0 radical (unpaired) electrons. The maximum absolute atomic E-state index is 13.4. The Morgan fingerprint density at radius 1 is 0.564 bits per heavy atom. The second-order valence-corrected chi connectivity index (χ2v) is 8.77. The van der Waals surface area contributed by atoms with Crippen LogP contribution < -0.4 is 14.5 Å². The fourth-order valence-corrected chi connectivity index (χ4v) is 4.69. The number of amides is 4. The molecule has 2 aliphatic heterocycles. The van der Waals surface area contributed by atoms with Crippen LogP contribution in [0.3, 0.4) is 0 Å². The van der Waals surface area contributed by atoms with Crippen LogP contribution in [0.25, 0.3) is 0 Å². The first-order valence-corrected chi connectivity index (χ1v) is 11.8. The molecule has 2 heterocycles. The van der Waals surface area contributed by atoms with E-state index in [0.29, 0.717) is 22.5 Å². The maximum atomic E-state index is 13.4. The molecule has 39 heavy (non-hydrogen) atoms. The molecule has 4 aromatic rings. The Bertz CT molecular complexity index is 1860. The molecule has 0 saturated heterocycles. The van der Waals surface area contributed by atoms with Crippen molar-refractivity contribution in [3.63, 3.8) is 0 Å². The molecule has 4 aromatic carbocycles. The highest BCUT2D eigenvalue weighted by Gasteiger charge is 2.40. The monoisotopic (exact) mass is 508 g/mol. The van der Waals surface area contributed by atoms with Crippen molar-refractivity contribution >= 4 is 35.0 Å². The number of imide groups is 2. The van der Waals surface area contributed by atoms with Crippen molar-refractivity contribution in [3.05, 3.63) is 118 Å². The fourth-order valence-electron chi connectivity index (χ4n) is 4.69. The van der Waals surface area contributed by atoms with E-state index in [-0.39, 0.29) is 33.8 Å². The van der Waals surface area contributed by atoms with Crippen molar-refractivity contribution in [2.75, 3.05) is 9.80 Å². The van der Waals surface area contributed by atoms with Gasteiger partial charge in [-0.3, -0.25) is 19.2 Å². The molecule has 4 amide bonds. The number of fused-ring (bicyclic) bond motifs is 2. The number of ether oxygens (including phenoxy) is 1. The summed E-state index contributed by atoms with van der Waals surface area (Å²) in [6, 6.07) is 22.3. The zero-order valence-corrected chi connectivity index (χ0v) is 20.2. The molecule has 0 unspecified atom stereocenters. The van der Waals surface area contributed by atoms with Gasteiger partial charge >= 0.3 is 0 Å². The highest BCUT2D eigenvalue weighted by molar-refractivity contribution is 6.36. The van der Waals surface area contributed by atoms with Crippen LogP contribution in [0.5, 0.6) is 11.5 Å². The number of hydrogen-bond acceptors (Lipinski definition) is 5. The van der Waals surface area contributed by atoms with Crippen LogP contribution in [0.2, 0.25) is 0 Å². The van der Waals surface area contributed by atoms with E-state index < -0.39 is 23.6 Å². The number of carbonyl (C=O) groups excluding carboxylic acids is 4. The number of benzene rings is 4. The fraction of sp³-hybridized carbons (Fsp3) is 0. The topological polar surface area (TPSA) is 84.0 Å². The summed E-state index contributed by atoms with van der Waals surface area (Å²) in [6.07, 6.45) is 10.9. The van der Waals surface area contributed by atoms with Crippen LogP contribution >= 0.6 is 0 Å². The van der Waals surface area contributed by atoms with Crippen LogP contribution in [0.1, 0.15) is 52.6 Å². The largest absolute Gasteiger partial charge is 0.456 e. The van der Waals surface area contributed by atoms with Gasteiger partial charge in [0, 0.05) is 11.1 Å². The van der Waals surface area contributed by atoms with E-state index >= 15 is 0 Å². The van der Waals surface area contributed by atoms with Crippen molar-refractivity contribution in [3.8, 4) is 36.2 Å². The SMILES string of the molecule is C#Cc1cccc(N2C(=O)c3ccc(Oc4cccc5c4C(=O)N(c4cccc(C#C)c4)C5=O)cc3C2=O)c1. The van der Waals surface area contributed by atoms with Gasteiger partial charge in [-0.15, -0.1) is 12.8 Å². The second kappa shape index (κ2) is 8.88. The third kappa shape index (κ3) is 3.66. The van der Waals surface area contributed by atoms with Gasteiger partial charge in [0.05, 0.1) is 33.6 Å². The van der Waals surface area contributed by atoms with Crippen LogP contribution in [-0.2, 0) is 0 Å². The summed E-state index contributed by atoms with van der Waals surface area (Å²) in [4.78, 5) is 54.9. The zero-order chi connectivity index (χ0) is 27.3. The highest BCUT2D eigenvalue weighted by Crippen LogP contribution is 2.38. The average Bonchev–Trinajstić information content (AvgIpc) is 3.37. The molecule has 0 atom stereocenters. The van der Waals surface area contributed by atoms with Crippen molar-refractivity contribution in [2.24, 2.45) is 0 Å². The lowest BCUT2D eigenvalue weighted by molar-refractivity contribution is 0.0909. The Morgan fingerprint density at radius 3 is 1.77 bits per heavy atom. The second-order valence-electron chi connectivity index (χ2n) is 8.77. The summed E-state index contributed by atoms with van der Waals surface area (Å²) in [5.41, 5.74) is 2.38. The smallest absolute Gasteiger partial charge is 0.269 e. The first-order valence-electron chi connectivity index (χ1n) is 11.8. The minimum absolute atomic E-state index is 0.0873. The van der Waals surface area contributed by atoms with Crippen molar-refractivity contribution in [2.45, 2.75) is 0 Å². The summed E-state index contributed by atoms with van der Waals surface area (Å²) >= 11 is 0. The van der Waals surface area contributed by atoms with Crippen molar-refractivity contribution < 1.29 is 23.9 Å². The number of hydrogen-bond donors (Lipinski definition) is 0. The minimum Gasteiger partial charge on any atom is -0.456 e. The normalized spacial score (nSPS) is 13.7. The predicted molar refractivity (Wildman–Crippen MR) is 144 cm³/mol. The summed E-state index contributed by atoms with van der Waals surface area (Å²) < 4.78 is 6.01. The lowest BCUT2D eigenvalue weighted by atomic mass is 10.1. The van der Waals surface area contributed by atoms with E-state index in [0.717, 1.165) is 9.80 Å². The molecule has 7 nitrogen and oxygen atoms in total. The van der Waals surface area contributed by atoms with E-state index in [4.69, 9.17) is 17.6 Å². The summed E-state index contributed by atoms with van der Waals surface area (Å²) in [6.45, 7) is 0. The van der Waals surface area contributed by atoms with Gasteiger partial charge in [0.15, 0.2) is 0 Å². The van der Waals surface area contributed by atoms with Gasteiger partial charge in [-0.25, -0.2) is 9.80 Å². The van der Waals surface area contributed by atoms with Gasteiger partial charge in [-0.1, -0.05) is 30.0 Å². The molecule has 0 aromatic heterocycles. The highest BCUT2D eigenvalue weighted by atomic mass is 16.5. The van der Waals surface area contributed by atoms with Gasteiger partial charge in [0.25, 0.3) is 23.6 Å². The van der Waals surface area contributed by atoms with E-state index in [9.17, 15) is 19.2 Å². The van der Waals surface area contributed by atoms with Gasteiger partial charge in [0.1, 0.15) is 11.5 Å². The summed E-state index contributed by atoms with van der Waals surface area (Å²) in [7, 11) is 0. The van der Waals surface area contributed by atoms with Gasteiger partial charge in [-0.05, 0) is 66.7 Å². The summed E-state index contributed by atoms with van der Waals surface area (Å²) in [5.74, 6) is 3.26. The molecule has 0 bridgehead atoms. The molecule has 0 aliphatic carbocycles. The van der Waals surface area contributed by atoms with E-state index in [1.807, 2.05) is 0 Å². The third-order valence-electron chi connectivity index (χ3n) is 6.50. The molecular weight excluding hydrogens is 492 g/mol. The molecule has 0 N–H and O–H groups in total. The van der Waals surface area contributed by atoms with Crippen LogP contribution in [0, 0.1) is 24.7 Å². The van der Waals surface area contributed by atoms with E-state index in [1.165, 1.54) is 18.2 Å².